The van der Waals surface area contributed by atoms with E-state index in [-0.39, 0.29) is 11.8 Å². The lowest BCUT2D eigenvalue weighted by atomic mass is 9.91. The normalized spacial score (nSPS) is 15.8. The molecule has 3 N–H and O–H groups in total. The van der Waals surface area contributed by atoms with Gasteiger partial charge in [-0.1, -0.05) is 35.9 Å². The Kier molecular flexibility index (Phi) is 6.84. The molecular weight excluding hydrogens is 402 g/mol. The Hall–Kier alpha value is -3.61. The third-order valence-corrected chi connectivity index (χ3v) is 5.44. The predicted octanol–water partition coefficient (Wildman–Crippen LogP) is 3.87. The Balaban J connectivity index is 1.35. The van der Waals surface area contributed by atoms with Gasteiger partial charge in [0.05, 0.1) is 12.2 Å². The van der Waals surface area contributed by atoms with Crippen LogP contribution in [0.25, 0.3) is 11.5 Å². The number of oxazole rings is 1. The van der Waals surface area contributed by atoms with Crippen molar-refractivity contribution in [3.8, 4) is 11.5 Å². The average Bonchev–Trinajstić information content (AvgIpc) is 3.26. The van der Waals surface area contributed by atoms with Crippen LogP contribution in [0.1, 0.15) is 36.1 Å². The van der Waals surface area contributed by atoms with E-state index in [0.29, 0.717) is 31.8 Å². The van der Waals surface area contributed by atoms with Crippen LogP contribution in [0.2, 0.25) is 0 Å². The molecule has 32 heavy (non-hydrogen) atoms. The van der Waals surface area contributed by atoms with Crippen molar-refractivity contribution in [1.82, 2.24) is 15.6 Å². The summed E-state index contributed by atoms with van der Waals surface area (Å²) in [4.78, 5) is 21.4. The number of rotatable bonds is 7. The fourth-order valence-electron chi connectivity index (χ4n) is 3.77. The Morgan fingerprint density at radius 1 is 1.19 bits per heavy atom. The van der Waals surface area contributed by atoms with Crippen molar-refractivity contribution in [3.63, 3.8) is 0 Å². The second kappa shape index (κ2) is 10.1. The highest BCUT2D eigenvalue weighted by Crippen LogP contribution is 2.32. The number of anilines is 1. The predicted molar refractivity (Wildman–Crippen MR) is 127 cm³/mol. The van der Waals surface area contributed by atoms with Gasteiger partial charge < -0.3 is 20.4 Å². The number of fused-ring (bicyclic) bond motifs is 1. The summed E-state index contributed by atoms with van der Waals surface area (Å²) in [6.45, 7) is 6.07. The molecule has 7 heteroatoms. The van der Waals surface area contributed by atoms with Gasteiger partial charge in [-0.15, -0.1) is 0 Å². The van der Waals surface area contributed by atoms with E-state index in [1.165, 1.54) is 5.56 Å². The zero-order valence-corrected chi connectivity index (χ0v) is 18.5. The van der Waals surface area contributed by atoms with E-state index in [9.17, 15) is 4.79 Å². The topological polar surface area (TPSA) is 91.5 Å². The number of amides is 1. The van der Waals surface area contributed by atoms with Crippen molar-refractivity contribution in [1.29, 1.82) is 0 Å². The van der Waals surface area contributed by atoms with Gasteiger partial charge in [-0.25, -0.2) is 4.98 Å². The minimum atomic E-state index is 0.0391. The number of nitrogens with one attached hydrogen (secondary N) is 3. The zero-order valence-electron chi connectivity index (χ0n) is 18.5. The third kappa shape index (κ3) is 5.35. The first-order valence-electron chi connectivity index (χ1n) is 11.0. The molecule has 0 bridgehead atoms. The number of carbonyl (C=O) groups excluding carboxylic acids is 1. The number of nitrogens with zero attached hydrogens (tertiary/aromatic N) is 2. The van der Waals surface area contributed by atoms with Crippen LogP contribution in [-0.4, -0.2) is 36.5 Å². The molecule has 1 aliphatic heterocycles. The number of hydrogen-bond acceptors (Lipinski definition) is 4. The molecule has 0 radical (unpaired) electrons. The van der Waals surface area contributed by atoms with Crippen molar-refractivity contribution < 1.29 is 9.21 Å². The van der Waals surface area contributed by atoms with Crippen molar-refractivity contribution in [3.05, 3.63) is 71.6 Å². The number of aliphatic imine (C=N–C) groups is 1. The van der Waals surface area contributed by atoms with Gasteiger partial charge in [0.2, 0.25) is 11.8 Å². The maximum absolute atomic E-state index is 12.0. The van der Waals surface area contributed by atoms with Crippen molar-refractivity contribution >= 4 is 17.6 Å². The summed E-state index contributed by atoms with van der Waals surface area (Å²) in [7, 11) is 0. The highest BCUT2D eigenvalue weighted by atomic mass is 16.3. The number of guanidine groups is 1. The quantitative estimate of drug-likeness (QED) is 0.390. The highest BCUT2D eigenvalue weighted by molar-refractivity contribution is 5.94. The maximum Gasteiger partial charge on any atom is 0.226 e. The Morgan fingerprint density at radius 2 is 2.00 bits per heavy atom. The molecule has 3 aromatic rings. The van der Waals surface area contributed by atoms with Gasteiger partial charge in [-0.2, -0.15) is 0 Å². The first-order valence-corrected chi connectivity index (χ1v) is 11.0. The van der Waals surface area contributed by atoms with E-state index in [1.54, 1.807) is 6.26 Å². The molecule has 0 spiro atoms. The maximum atomic E-state index is 12.0. The second-order valence-corrected chi connectivity index (χ2v) is 7.94. The number of aryl methyl sites for hydroxylation is 1. The van der Waals surface area contributed by atoms with Gasteiger partial charge in [0, 0.05) is 43.1 Å². The fourth-order valence-corrected chi connectivity index (χ4v) is 3.77. The summed E-state index contributed by atoms with van der Waals surface area (Å²) in [5.74, 6) is 1.48. The largest absolute Gasteiger partial charge is 0.444 e. The Labute approximate surface area is 188 Å². The molecule has 1 aromatic heterocycles. The van der Waals surface area contributed by atoms with E-state index in [4.69, 9.17) is 9.41 Å². The lowest BCUT2D eigenvalue weighted by Gasteiger charge is -2.24. The molecule has 4 rings (SSSR count). The molecule has 1 unspecified atom stereocenters. The van der Waals surface area contributed by atoms with Gasteiger partial charge in [0.15, 0.2) is 5.96 Å². The lowest BCUT2D eigenvalue weighted by molar-refractivity contribution is -0.116. The lowest BCUT2D eigenvalue weighted by Crippen LogP contribution is -2.39. The number of hydrogen-bond donors (Lipinski definition) is 3. The zero-order chi connectivity index (χ0) is 22.3. The molecule has 0 aliphatic carbocycles. The summed E-state index contributed by atoms with van der Waals surface area (Å²) < 4.78 is 5.64. The Morgan fingerprint density at radius 3 is 2.81 bits per heavy atom. The minimum absolute atomic E-state index is 0.0391. The van der Waals surface area contributed by atoms with Crippen LogP contribution < -0.4 is 16.0 Å². The molecule has 1 aliphatic rings. The van der Waals surface area contributed by atoms with Gasteiger partial charge in [0.25, 0.3) is 0 Å². The molecule has 1 amide bonds. The molecule has 1 atom stereocenters. The molecular formula is C25H29N5O2. The van der Waals surface area contributed by atoms with Crippen molar-refractivity contribution in [2.45, 2.75) is 32.6 Å². The van der Waals surface area contributed by atoms with E-state index in [1.807, 2.05) is 49.4 Å². The van der Waals surface area contributed by atoms with Gasteiger partial charge in [-0.3, -0.25) is 9.79 Å². The summed E-state index contributed by atoms with van der Waals surface area (Å²) in [5.41, 5.74) is 5.09. The highest BCUT2D eigenvalue weighted by Gasteiger charge is 2.24. The van der Waals surface area contributed by atoms with Crippen LogP contribution in [0.4, 0.5) is 5.69 Å². The number of carbonyl (C=O) groups is 1. The van der Waals surface area contributed by atoms with Crippen LogP contribution in [0.5, 0.6) is 0 Å². The standard InChI is InChI=1S/C25H29N5O2/c1-3-26-25(28-15-19-14-23(31)30-22-7-5-4-6-21(19)22)27-13-12-20-16-32-24(29-20)18-10-8-17(2)9-11-18/h4-11,16,19H,3,12-15H2,1-2H3,(H,30,31)(H2,26,27,28). The number of para-hydroxylation sites is 1. The second-order valence-electron chi connectivity index (χ2n) is 7.94. The monoisotopic (exact) mass is 431 g/mol. The average molecular weight is 432 g/mol. The Bertz CT molecular complexity index is 1090. The van der Waals surface area contributed by atoms with Gasteiger partial charge >= 0.3 is 0 Å². The van der Waals surface area contributed by atoms with Crippen LogP contribution in [0.3, 0.4) is 0 Å². The van der Waals surface area contributed by atoms with Crippen molar-refractivity contribution in [2.24, 2.45) is 4.99 Å². The summed E-state index contributed by atoms with van der Waals surface area (Å²) in [6.07, 6.45) is 2.87. The summed E-state index contributed by atoms with van der Waals surface area (Å²) in [6, 6.07) is 16.1. The van der Waals surface area contributed by atoms with Crippen LogP contribution in [0.15, 0.2) is 64.2 Å². The van der Waals surface area contributed by atoms with E-state index >= 15 is 0 Å². The third-order valence-electron chi connectivity index (χ3n) is 5.44. The molecule has 0 saturated carbocycles. The first-order chi connectivity index (χ1) is 15.6. The van der Waals surface area contributed by atoms with Crippen LogP contribution in [0, 0.1) is 6.92 Å². The van der Waals surface area contributed by atoms with Gasteiger partial charge in [-0.05, 0) is 37.6 Å². The molecule has 7 nitrogen and oxygen atoms in total. The SMILES string of the molecule is CCNC(=NCC1CC(=O)Nc2ccccc21)NCCc1coc(-c2ccc(C)cc2)n1. The van der Waals surface area contributed by atoms with E-state index in [2.05, 4.69) is 33.9 Å². The summed E-state index contributed by atoms with van der Waals surface area (Å²) in [5, 5.41) is 9.57. The van der Waals surface area contributed by atoms with Crippen molar-refractivity contribution in [2.75, 3.05) is 25.0 Å². The molecule has 0 saturated heterocycles. The molecule has 2 aromatic carbocycles. The van der Waals surface area contributed by atoms with Crippen LogP contribution in [-0.2, 0) is 11.2 Å². The number of aromatic nitrogens is 1. The molecule has 2 heterocycles. The summed E-state index contributed by atoms with van der Waals surface area (Å²) >= 11 is 0. The van der Waals surface area contributed by atoms with Crippen LogP contribution >= 0.6 is 0 Å². The van der Waals surface area contributed by atoms with Gasteiger partial charge in [0.1, 0.15) is 6.26 Å². The smallest absolute Gasteiger partial charge is 0.226 e. The first kappa shape index (κ1) is 21.6. The minimum Gasteiger partial charge on any atom is -0.444 e. The molecule has 0 fully saturated rings. The number of benzene rings is 2. The van der Waals surface area contributed by atoms with E-state index < -0.39 is 0 Å². The fraction of sp³-hybridized carbons (Fsp3) is 0.320. The van der Waals surface area contributed by atoms with E-state index in [0.717, 1.165) is 35.0 Å². The molecule has 166 valence electrons.